The second-order valence-corrected chi connectivity index (χ2v) is 6.71. The second kappa shape index (κ2) is 10.3. The predicted molar refractivity (Wildman–Crippen MR) is 105 cm³/mol. The molecule has 2 aromatic rings. The van der Waals surface area contributed by atoms with Gasteiger partial charge in [-0.15, -0.1) is 0 Å². The third-order valence-corrected chi connectivity index (χ3v) is 3.91. The Kier molecular flexibility index (Phi) is 7.27. The van der Waals surface area contributed by atoms with Crippen molar-refractivity contribution in [2.24, 2.45) is 5.92 Å². The summed E-state index contributed by atoms with van der Waals surface area (Å²) in [5.41, 5.74) is 0.403. The molecule has 0 heterocycles. The Labute approximate surface area is 169 Å². The summed E-state index contributed by atoms with van der Waals surface area (Å²) in [6.45, 7) is 3.04. The molecule has 0 saturated heterocycles. The van der Waals surface area contributed by atoms with Gasteiger partial charge in [0, 0.05) is 13.1 Å². The molecule has 0 aromatic heterocycles. The summed E-state index contributed by atoms with van der Waals surface area (Å²) in [6.07, 6.45) is -1.62. The molecule has 0 radical (unpaired) electrons. The highest BCUT2D eigenvalue weighted by Gasteiger charge is 2.24. The fraction of sp³-hybridized carbons (Fsp3) is 0.286. The zero-order valence-corrected chi connectivity index (χ0v) is 16.0. The number of anilines is 1. The van der Waals surface area contributed by atoms with Crippen LogP contribution in [0.3, 0.4) is 0 Å². The number of amides is 3. The maximum absolute atomic E-state index is 13.3. The van der Waals surface area contributed by atoms with E-state index in [9.17, 15) is 23.2 Å². The highest BCUT2D eigenvalue weighted by Crippen LogP contribution is 2.10. The molecule has 8 heteroatoms. The van der Waals surface area contributed by atoms with Crippen molar-refractivity contribution in [1.29, 1.82) is 0 Å². The third-order valence-electron chi connectivity index (χ3n) is 3.91. The van der Waals surface area contributed by atoms with E-state index in [0.717, 1.165) is 12.1 Å². The lowest BCUT2D eigenvalue weighted by Crippen LogP contribution is -2.51. The molecule has 29 heavy (non-hydrogen) atoms. The smallest absolute Gasteiger partial charge is 0.243 e. The summed E-state index contributed by atoms with van der Waals surface area (Å²) >= 11 is 0. The molecule has 0 fully saturated rings. The Morgan fingerprint density at radius 1 is 1.00 bits per heavy atom. The van der Waals surface area contributed by atoms with E-state index in [0.29, 0.717) is 11.8 Å². The first-order valence-electron chi connectivity index (χ1n) is 9.56. The number of halogens is 2. The van der Waals surface area contributed by atoms with Crippen molar-refractivity contribution in [3.63, 3.8) is 0 Å². The van der Waals surface area contributed by atoms with Gasteiger partial charge in [0.05, 0.1) is 12.9 Å². The number of hydrogen-bond donors (Lipinski definition) is 3. The molecule has 0 saturated carbocycles. The van der Waals surface area contributed by atoms with Gasteiger partial charge in [-0.3, -0.25) is 14.4 Å². The van der Waals surface area contributed by atoms with Gasteiger partial charge in [0.2, 0.25) is 17.7 Å². The van der Waals surface area contributed by atoms with E-state index < -0.39 is 41.8 Å². The van der Waals surface area contributed by atoms with Gasteiger partial charge < -0.3 is 16.0 Å². The molecule has 6 nitrogen and oxygen atoms in total. The molecular formula is C21H23F2N3O3. The largest absolute Gasteiger partial charge is 0.345 e. The van der Waals surface area contributed by atoms with Gasteiger partial charge in [-0.2, -0.15) is 0 Å². The van der Waals surface area contributed by atoms with Crippen LogP contribution in [0, 0.1) is 17.6 Å². The van der Waals surface area contributed by atoms with Crippen molar-refractivity contribution in [3.05, 3.63) is 65.7 Å². The number of rotatable bonds is 8. The van der Waals surface area contributed by atoms with Crippen LogP contribution in [0.25, 0.3) is 0 Å². The quantitative estimate of drug-likeness (QED) is 0.631. The Bertz CT molecular complexity index is 889. The van der Waals surface area contributed by atoms with E-state index in [4.69, 9.17) is 1.37 Å². The predicted octanol–water partition coefficient (Wildman–Crippen LogP) is 2.40. The fourth-order valence-electron chi connectivity index (χ4n) is 2.54. The zero-order chi connectivity index (χ0) is 22.3. The molecule has 0 aliphatic carbocycles. The molecule has 3 amide bonds. The number of nitrogens with one attached hydrogen (secondary N) is 3. The fourth-order valence-corrected chi connectivity index (χ4v) is 2.54. The lowest BCUT2D eigenvalue weighted by molar-refractivity contribution is -0.130. The van der Waals surface area contributed by atoms with E-state index in [2.05, 4.69) is 16.0 Å². The highest BCUT2D eigenvalue weighted by atomic mass is 19.1. The first kappa shape index (κ1) is 20.4. The highest BCUT2D eigenvalue weighted by molar-refractivity contribution is 5.96. The minimum atomic E-state index is -1.62. The maximum Gasteiger partial charge on any atom is 0.243 e. The molecule has 0 spiro atoms. The van der Waals surface area contributed by atoms with Crippen LogP contribution in [0.1, 0.15) is 20.8 Å². The molecule has 0 aliphatic heterocycles. The number of carbonyl (C=O) groups excluding carboxylic acids is 3. The monoisotopic (exact) mass is 404 g/mol. The van der Waals surface area contributed by atoms with Crippen molar-refractivity contribution < 1.29 is 24.5 Å². The van der Waals surface area contributed by atoms with Crippen molar-refractivity contribution in [2.45, 2.75) is 26.3 Å². The molecule has 154 valence electrons. The topological polar surface area (TPSA) is 87.3 Å². The summed E-state index contributed by atoms with van der Waals surface area (Å²) < 4.78 is 34.6. The van der Waals surface area contributed by atoms with Crippen LogP contribution in [0.4, 0.5) is 14.5 Å². The Hall–Kier alpha value is -3.29. The van der Waals surface area contributed by atoms with Gasteiger partial charge in [-0.25, -0.2) is 8.78 Å². The molecule has 1 unspecified atom stereocenters. The average molecular weight is 404 g/mol. The van der Waals surface area contributed by atoms with Crippen molar-refractivity contribution >= 4 is 23.4 Å². The SMILES string of the molecule is [2H]C(C(=O)N[C@H](C(=O)NCC(=O)Nc1ccccc1)C(C)C)c1cc(F)cc(F)c1. The van der Waals surface area contributed by atoms with Gasteiger partial charge in [0.25, 0.3) is 0 Å². The first-order chi connectivity index (χ1) is 14.2. The summed E-state index contributed by atoms with van der Waals surface area (Å²) in [7, 11) is 0. The molecule has 2 atom stereocenters. The summed E-state index contributed by atoms with van der Waals surface area (Å²) in [4.78, 5) is 36.8. The van der Waals surface area contributed by atoms with Crippen molar-refractivity contribution in [3.8, 4) is 0 Å². The first-order valence-corrected chi connectivity index (χ1v) is 8.98. The summed E-state index contributed by atoms with van der Waals surface area (Å²) in [5.74, 6) is -4.11. The van der Waals surface area contributed by atoms with E-state index in [-0.39, 0.29) is 18.0 Å². The molecule has 2 aromatic carbocycles. The number of benzene rings is 2. The van der Waals surface area contributed by atoms with Crippen molar-refractivity contribution in [2.75, 3.05) is 11.9 Å². The van der Waals surface area contributed by atoms with E-state index in [1.807, 2.05) is 0 Å². The van der Waals surface area contributed by atoms with Gasteiger partial charge in [-0.05, 0) is 35.7 Å². The normalized spacial score (nSPS) is 13.2. The standard InChI is InChI=1S/C21H23F2N3O3/c1-13(2)20(26-18(27)10-14-8-15(22)11-16(23)9-14)21(29)24-12-19(28)25-17-6-4-3-5-7-17/h3-9,11,13,20H,10,12H2,1-2H3,(H,24,29)(H,25,28)(H,26,27)/t20-/m0/s1/i10D/t10?,20-. The number of para-hydroxylation sites is 1. The lowest BCUT2D eigenvalue weighted by atomic mass is 10.0. The Morgan fingerprint density at radius 2 is 1.62 bits per heavy atom. The Balaban J connectivity index is 1.96. The lowest BCUT2D eigenvalue weighted by Gasteiger charge is -2.21. The van der Waals surface area contributed by atoms with Crippen LogP contribution in [0.2, 0.25) is 0 Å². The third kappa shape index (κ3) is 7.33. The van der Waals surface area contributed by atoms with Crippen LogP contribution in [0.5, 0.6) is 0 Å². The number of hydrogen-bond acceptors (Lipinski definition) is 3. The van der Waals surface area contributed by atoms with E-state index >= 15 is 0 Å². The van der Waals surface area contributed by atoms with E-state index in [1.54, 1.807) is 44.2 Å². The van der Waals surface area contributed by atoms with E-state index in [1.165, 1.54) is 0 Å². The summed E-state index contributed by atoms with van der Waals surface area (Å²) in [6, 6.07) is 10.1. The summed E-state index contributed by atoms with van der Waals surface area (Å²) in [5, 5.41) is 7.47. The molecule has 0 bridgehead atoms. The van der Waals surface area contributed by atoms with Crippen LogP contribution < -0.4 is 16.0 Å². The zero-order valence-electron chi connectivity index (χ0n) is 17.0. The van der Waals surface area contributed by atoms with Gasteiger partial charge in [-0.1, -0.05) is 32.0 Å². The van der Waals surface area contributed by atoms with Gasteiger partial charge >= 0.3 is 0 Å². The number of carbonyl (C=O) groups is 3. The van der Waals surface area contributed by atoms with Crippen LogP contribution in [-0.2, 0) is 20.8 Å². The van der Waals surface area contributed by atoms with Gasteiger partial charge in [0.15, 0.2) is 0 Å². The van der Waals surface area contributed by atoms with Crippen LogP contribution in [-0.4, -0.2) is 30.3 Å². The minimum Gasteiger partial charge on any atom is -0.345 e. The Morgan fingerprint density at radius 3 is 2.21 bits per heavy atom. The molecular weight excluding hydrogens is 380 g/mol. The molecule has 2 rings (SSSR count). The molecule has 0 aliphatic rings. The molecule has 3 N–H and O–H groups in total. The van der Waals surface area contributed by atoms with Crippen LogP contribution >= 0.6 is 0 Å². The van der Waals surface area contributed by atoms with Gasteiger partial charge in [0.1, 0.15) is 17.7 Å². The second-order valence-electron chi connectivity index (χ2n) is 6.71. The minimum absolute atomic E-state index is 0.171. The van der Waals surface area contributed by atoms with Crippen molar-refractivity contribution in [1.82, 2.24) is 10.6 Å². The maximum atomic E-state index is 13.3. The van der Waals surface area contributed by atoms with Crippen LogP contribution in [0.15, 0.2) is 48.5 Å². The average Bonchev–Trinajstić information content (AvgIpc) is 2.69.